The summed E-state index contributed by atoms with van der Waals surface area (Å²) in [6.45, 7) is 3.12. The highest BCUT2D eigenvalue weighted by molar-refractivity contribution is 4.69. The fourth-order valence-electron chi connectivity index (χ4n) is 0.784. The normalized spacial score (nSPS) is 25.9. The summed E-state index contributed by atoms with van der Waals surface area (Å²) >= 11 is 0. The maximum absolute atomic E-state index is 5.04. The van der Waals surface area contributed by atoms with Crippen molar-refractivity contribution in [2.24, 2.45) is 0 Å². The largest absolute Gasteiger partial charge is 0.373 e. The van der Waals surface area contributed by atoms with Crippen molar-refractivity contribution in [3.63, 3.8) is 0 Å². The molecule has 1 aliphatic heterocycles. The van der Waals surface area contributed by atoms with Crippen LogP contribution in [0.1, 0.15) is 26.2 Å². The van der Waals surface area contributed by atoms with Gasteiger partial charge in [0.05, 0.1) is 12.7 Å². The third-order valence-corrected chi connectivity index (χ3v) is 1.42. The second-order valence-corrected chi connectivity index (χ2v) is 2.29. The molecule has 1 unspecified atom stereocenters. The molecule has 0 aromatic heterocycles. The van der Waals surface area contributed by atoms with Crippen molar-refractivity contribution in [3.05, 3.63) is 6.42 Å². The molecule has 1 heterocycles. The molecule has 1 aliphatic rings. The molecule has 1 atom stereocenters. The van der Waals surface area contributed by atoms with Crippen molar-refractivity contribution < 1.29 is 4.74 Å². The van der Waals surface area contributed by atoms with Gasteiger partial charge >= 0.3 is 0 Å². The van der Waals surface area contributed by atoms with Crippen LogP contribution in [0.25, 0.3) is 0 Å². The molecule has 0 amide bonds. The first-order valence-electron chi connectivity index (χ1n) is 3.33. The molecule has 1 radical (unpaired) electrons. The van der Waals surface area contributed by atoms with Gasteiger partial charge in [-0.2, -0.15) is 0 Å². The van der Waals surface area contributed by atoms with Crippen molar-refractivity contribution in [2.75, 3.05) is 6.61 Å². The highest BCUT2D eigenvalue weighted by Crippen LogP contribution is 2.16. The number of hydrogen-bond acceptors (Lipinski definition) is 1. The van der Waals surface area contributed by atoms with Crippen molar-refractivity contribution in [2.45, 2.75) is 32.3 Å². The van der Waals surface area contributed by atoms with E-state index in [1.54, 1.807) is 0 Å². The molecule has 0 aromatic carbocycles. The summed E-state index contributed by atoms with van der Waals surface area (Å²) in [7, 11) is 0. The van der Waals surface area contributed by atoms with Crippen LogP contribution in [0, 0.1) is 6.42 Å². The molecule has 1 heteroatoms. The molecule has 1 nitrogen and oxygen atoms in total. The average Bonchev–Trinajstić information content (AvgIpc) is 2.51. The third-order valence-electron chi connectivity index (χ3n) is 1.42. The average molecular weight is 113 g/mol. The fourth-order valence-corrected chi connectivity index (χ4v) is 0.784. The van der Waals surface area contributed by atoms with E-state index in [9.17, 15) is 0 Å². The van der Waals surface area contributed by atoms with Crippen molar-refractivity contribution >= 4 is 0 Å². The van der Waals surface area contributed by atoms with E-state index in [1.807, 2.05) is 0 Å². The van der Waals surface area contributed by atoms with Gasteiger partial charge in [-0.3, -0.25) is 0 Å². The molecule has 0 aromatic rings. The van der Waals surface area contributed by atoms with E-state index in [4.69, 9.17) is 4.74 Å². The van der Waals surface area contributed by atoms with Crippen molar-refractivity contribution in [1.82, 2.24) is 0 Å². The Labute approximate surface area is 51.0 Å². The van der Waals surface area contributed by atoms with Crippen LogP contribution in [-0.2, 0) is 4.74 Å². The fraction of sp³-hybridized carbons (Fsp3) is 0.857. The van der Waals surface area contributed by atoms with Crippen LogP contribution in [0.4, 0.5) is 0 Å². The first-order valence-corrected chi connectivity index (χ1v) is 3.33. The molecular weight excluding hydrogens is 100 g/mol. The lowest BCUT2D eigenvalue weighted by molar-refractivity contribution is 0.391. The monoisotopic (exact) mass is 113 g/mol. The van der Waals surface area contributed by atoms with Gasteiger partial charge in [-0.15, -0.1) is 0 Å². The van der Waals surface area contributed by atoms with Crippen LogP contribution in [0.5, 0.6) is 0 Å². The first kappa shape index (κ1) is 6.09. The summed E-state index contributed by atoms with van der Waals surface area (Å²) in [6, 6.07) is 0. The number of ether oxygens (including phenoxy) is 1. The summed E-state index contributed by atoms with van der Waals surface area (Å²) in [5, 5.41) is 0. The van der Waals surface area contributed by atoms with Crippen molar-refractivity contribution in [1.29, 1.82) is 0 Å². The van der Waals surface area contributed by atoms with Gasteiger partial charge < -0.3 is 4.74 Å². The number of hydrogen-bond donors (Lipinski definition) is 0. The van der Waals surface area contributed by atoms with Gasteiger partial charge in [0.25, 0.3) is 0 Å². The smallest absolute Gasteiger partial charge is 0.0810 e. The topological polar surface area (TPSA) is 12.5 Å². The highest BCUT2D eigenvalue weighted by atomic mass is 16.6. The molecular formula is C7H13O. The lowest BCUT2D eigenvalue weighted by atomic mass is 10.2. The second-order valence-electron chi connectivity index (χ2n) is 2.29. The summed E-state index contributed by atoms with van der Waals surface area (Å²) in [5.41, 5.74) is 0. The Hall–Kier alpha value is -0.0400. The van der Waals surface area contributed by atoms with Gasteiger partial charge in [0.2, 0.25) is 0 Å². The van der Waals surface area contributed by atoms with Crippen LogP contribution in [0.3, 0.4) is 0 Å². The van der Waals surface area contributed by atoms with E-state index in [0.29, 0.717) is 6.10 Å². The minimum absolute atomic E-state index is 0.634. The molecule has 47 valence electrons. The van der Waals surface area contributed by atoms with Crippen LogP contribution < -0.4 is 0 Å². The predicted octanol–water partition coefficient (Wildman–Crippen LogP) is 1.78. The van der Waals surface area contributed by atoms with Gasteiger partial charge in [0, 0.05) is 0 Å². The van der Waals surface area contributed by atoms with E-state index in [-0.39, 0.29) is 0 Å². The van der Waals surface area contributed by atoms with Gasteiger partial charge in [-0.05, 0) is 12.8 Å². The standard InChI is InChI=1S/C7H13O/c1-2-3-4-5-7-6-8-7/h2,7H,3-6H2,1H3. The Morgan fingerprint density at radius 1 is 1.75 bits per heavy atom. The van der Waals surface area contributed by atoms with E-state index in [2.05, 4.69) is 13.3 Å². The highest BCUT2D eigenvalue weighted by Gasteiger charge is 2.20. The van der Waals surface area contributed by atoms with E-state index in [1.165, 1.54) is 19.3 Å². The Bertz CT molecular complexity index is 57.4. The number of epoxide rings is 1. The Morgan fingerprint density at radius 3 is 3.00 bits per heavy atom. The molecule has 0 aliphatic carbocycles. The third kappa shape index (κ3) is 2.31. The molecule has 0 spiro atoms. The predicted molar refractivity (Wildman–Crippen MR) is 33.6 cm³/mol. The van der Waals surface area contributed by atoms with E-state index in [0.717, 1.165) is 6.61 Å². The number of rotatable bonds is 4. The van der Waals surface area contributed by atoms with Crippen LogP contribution in [0.15, 0.2) is 0 Å². The number of unbranched alkanes of at least 4 members (excludes halogenated alkanes) is 2. The van der Waals surface area contributed by atoms with Crippen LogP contribution in [-0.4, -0.2) is 12.7 Å². The minimum Gasteiger partial charge on any atom is -0.373 e. The molecule has 1 rings (SSSR count). The summed E-state index contributed by atoms with van der Waals surface area (Å²) < 4.78 is 5.04. The van der Waals surface area contributed by atoms with Crippen LogP contribution >= 0.6 is 0 Å². The van der Waals surface area contributed by atoms with Gasteiger partial charge in [-0.1, -0.05) is 19.8 Å². The van der Waals surface area contributed by atoms with Crippen LogP contribution in [0.2, 0.25) is 0 Å². The quantitative estimate of drug-likeness (QED) is 0.400. The molecule has 1 fully saturated rings. The van der Waals surface area contributed by atoms with Gasteiger partial charge in [-0.25, -0.2) is 0 Å². The second kappa shape index (κ2) is 3.08. The van der Waals surface area contributed by atoms with E-state index < -0.39 is 0 Å². The lowest BCUT2D eigenvalue weighted by Crippen LogP contribution is -1.83. The molecule has 0 saturated carbocycles. The lowest BCUT2D eigenvalue weighted by Gasteiger charge is -1.90. The van der Waals surface area contributed by atoms with Gasteiger partial charge in [0.15, 0.2) is 0 Å². The Morgan fingerprint density at radius 2 is 2.50 bits per heavy atom. The molecule has 0 N–H and O–H groups in total. The maximum Gasteiger partial charge on any atom is 0.0810 e. The summed E-state index contributed by atoms with van der Waals surface area (Å²) in [6.07, 6.45) is 6.67. The molecule has 1 saturated heterocycles. The zero-order chi connectivity index (χ0) is 5.82. The molecule has 0 bridgehead atoms. The zero-order valence-electron chi connectivity index (χ0n) is 5.39. The minimum atomic E-state index is 0.634. The molecule has 8 heavy (non-hydrogen) atoms. The van der Waals surface area contributed by atoms with Gasteiger partial charge in [0.1, 0.15) is 0 Å². The Kier molecular flexibility index (Phi) is 2.34. The Balaban J connectivity index is 1.74. The summed E-state index contributed by atoms with van der Waals surface area (Å²) in [5.74, 6) is 0. The maximum atomic E-state index is 5.04. The van der Waals surface area contributed by atoms with Crippen molar-refractivity contribution in [3.8, 4) is 0 Å². The van der Waals surface area contributed by atoms with E-state index >= 15 is 0 Å². The SMILES string of the molecule is C[CH]CCCC1CO1. The summed E-state index contributed by atoms with van der Waals surface area (Å²) in [4.78, 5) is 0. The first-order chi connectivity index (χ1) is 3.93. The zero-order valence-corrected chi connectivity index (χ0v) is 5.39.